The van der Waals surface area contributed by atoms with Gasteiger partial charge in [-0.3, -0.25) is 9.59 Å². The quantitative estimate of drug-likeness (QED) is 0.152. The molecule has 3 aliphatic rings. The zero-order valence-electron chi connectivity index (χ0n) is 28.2. The van der Waals surface area contributed by atoms with Gasteiger partial charge < -0.3 is 45.0 Å². The van der Waals surface area contributed by atoms with E-state index in [4.69, 9.17) is 9.47 Å². The molecule has 11 nitrogen and oxygen atoms in total. The molecule has 5 rings (SSSR count). The van der Waals surface area contributed by atoms with Gasteiger partial charge in [0.25, 0.3) is 0 Å². The first-order chi connectivity index (χ1) is 22.2. The van der Waals surface area contributed by atoms with E-state index in [9.17, 15) is 30.0 Å². The fourth-order valence-corrected chi connectivity index (χ4v) is 7.18. The molecule has 5 N–H and O–H groups in total. The number of nitrogens with one attached hydrogen (secondary N) is 1. The summed E-state index contributed by atoms with van der Waals surface area (Å²) in [5, 5.41) is 46.5. The molecule has 0 aromatic heterocycles. The minimum absolute atomic E-state index is 0.0625. The standard InChI is InChI=1S/C36H51N3O8/c1-24-10-15-28(36-32(44)30(42)31(43)35(47-36,22-46-36)33(2,3)45)21-27(24)20-26-13-11-25(12-14-26)8-6-9-29(41)39(19-18-38(4)5)34(37-23-40)16-7-17-34/h10-15,21,23,30-32,42-45H,6-9,16-20,22H2,1-5H3,(H,37,40)/t30-,31-,32+,35-,36-/m0/s1. The van der Waals surface area contributed by atoms with Crippen molar-refractivity contribution < 1.29 is 39.5 Å². The molecule has 0 radical (unpaired) electrons. The Labute approximate surface area is 277 Å². The Kier molecular flexibility index (Phi) is 10.2. The molecule has 258 valence electrons. The number of aryl methyl sites for hydroxylation is 2. The Morgan fingerprint density at radius 1 is 1.04 bits per heavy atom. The average molecular weight is 654 g/mol. The van der Waals surface area contributed by atoms with E-state index in [1.54, 1.807) is 6.07 Å². The summed E-state index contributed by atoms with van der Waals surface area (Å²) in [4.78, 5) is 28.6. The maximum absolute atomic E-state index is 13.3. The molecule has 1 saturated carbocycles. The third kappa shape index (κ3) is 6.59. The largest absolute Gasteiger partial charge is 0.387 e. The fraction of sp³-hybridized carbons (Fsp3) is 0.611. The zero-order valence-corrected chi connectivity index (χ0v) is 28.2. The summed E-state index contributed by atoms with van der Waals surface area (Å²) in [6.07, 6.45) is 1.01. The first-order valence-electron chi connectivity index (χ1n) is 16.6. The van der Waals surface area contributed by atoms with E-state index in [1.807, 2.05) is 43.0 Å². The number of nitrogens with zero attached hydrogens (tertiary/aromatic N) is 2. The van der Waals surface area contributed by atoms with Gasteiger partial charge in [0.05, 0.1) is 12.2 Å². The van der Waals surface area contributed by atoms with Crippen LogP contribution in [-0.4, -0.2) is 112 Å². The first-order valence-corrected chi connectivity index (χ1v) is 16.6. The van der Waals surface area contributed by atoms with Crippen LogP contribution < -0.4 is 5.32 Å². The highest BCUT2D eigenvalue weighted by atomic mass is 16.8. The molecule has 47 heavy (non-hydrogen) atoms. The predicted molar refractivity (Wildman–Crippen MR) is 175 cm³/mol. The van der Waals surface area contributed by atoms with E-state index in [0.717, 1.165) is 54.5 Å². The smallest absolute Gasteiger partial charge is 0.225 e. The number of carbonyl (C=O) groups excluding carboxylic acids is 2. The highest BCUT2D eigenvalue weighted by Crippen LogP contribution is 2.53. The van der Waals surface area contributed by atoms with Crippen molar-refractivity contribution in [2.24, 2.45) is 0 Å². The number of aliphatic hydroxyl groups is 4. The number of carbonyl (C=O) groups is 2. The molecule has 2 aliphatic heterocycles. The van der Waals surface area contributed by atoms with Crippen molar-refractivity contribution in [3.8, 4) is 0 Å². The number of benzene rings is 2. The molecule has 0 unspecified atom stereocenters. The van der Waals surface area contributed by atoms with Crippen molar-refractivity contribution in [2.75, 3.05) is 33.8 Å². The minimum atomic E-state index is -1.74. The van der Waals surface area contributed by atoms with Crippen LogP contribution in [0.5, 0.6) is 0 Å². The van der Waals surface area contributed by atoms with Gasteiger partial charge in [-0.2, -0.15) is 0 Å². The van der Waals surface area contributed by atoms with Gasteiger partial charge >= 0.3 is 0 Å². The maximum atomic E-state index is 13.3. The number of amides is 2. The van der Waals surface area contributed by atoms with Crippen LogP contribution in [0.2, 0.25) is 0 Å². The fourth-order valence-electron chi connectivity index (χ4n) is 7.18. The summed E-state index contributed by atoms with van der Waals surface area (Å²) >= 11 is 0. The van der Waals surface area contributed by atoms with E-state index < -0.39 is 41.0 Å². The van der Waals surface area contributed by atoms with Crippen molar-refractivity contribution in [1.29, 1.82) is 0 Å². The van der Waals surface area contributed by atoms with E-state index >= 15 is 0 Å². The number of aliphatic hydroxyl groups excluding tert-OH is 3. The van der Waals surface area contributed by atoms with Gasteiger partial charge in [-0.25, -0.2) is 0 Å². The van der Waals surface area contributed by atoms with Gasteiger partial charge in [0.15, 0.2) is 5.60 Å². The average Bonchev–Trinajstić information content (AvgIpc) is 3.41. The molecule has 2 saturated heterocycles. The summed E-state index contributed by atoms with van der Waals surface area (Å²) in [5.41, 5.74) is 0.959. The van der Waals surface area contributed by atoms with Crippen LogP contribution in [0.15, 0.2) is 42.5 Å². The van der Waals surface area contributed by atoms with Gasteiger partial charge in [0.1, 0.15) is 24.0 Å². The normalized spacial score (nSPS) is 28.2. The van der Waals surface area contributed by atoms with Crippen LogP contribution in [-0.2, 0) is 37.7 Å². The highest BCUT2D eigenvalue weighted by molar-refractivity contribution is 5.77. The van der Waals surface area contributed by atoms with Crippen LogP contribution in [0.3, 0.4) is 0 Å². The Hall–Kier alpha value is -2.90. The van der Waals surface area contributed by atoms with E-state index in [-0.39, 0.29) is 12.5 Å². The second-order valence-electron chi connectivity index (χ2n) is 14.4. The van der Waals surface area contributed by atoms with Crippen LogP contribution in [0, 0.1) is 6.92 Å². The lowest BCUT2D eigenvalue weighted by Gasteiger charge is -2.50. The van der Waals surface area contributed by atoms with Crippen molar-refractivity contribution >= 4 is 12.3 Å². The van der Waals surface area contributed by atoms with Crippen molar-refractivity contribution in [1.82, 2.24) is 15.1 Å². The lowest BCUT2D eigenvalue weighted by atomic mass is 9.75. The van der Waals surface area contributed by atoms with Crippen LogP contribution >= 0.6 is 0 Å². The van der Waals surface area contributed by atoms with Crippen molar-refractivity contribution in [2.45, 2.75) is 107 Å². The molecule has 2 aromatic carbocycles. The Morgan fingerprint density at radius 2 is 1.72 bits per heavy atom. The molecule has 0 spiro atoms. The van der Waals surface area contributed by atoms with Gasteiger partial charge in [-0.05, 0) is 102 Å². The third-order valence-electron chi connectivity index (χ3n) is 10.5. The zero-order chi connectivity index (χ0) is 34.2. The number of hydrogen-bond donors (Lipinski definition) is 5. The van der Waals surface area contributed by atoms with Crippen molar-refractivity contribution in [3.63, 3.8) is 0 Å². The highest BCUT2D eigenvalue weighted by Gasteiger charge is 2.71. The Balaban J connectivity index is 1.24. The Morgan fingerprint density at radius 3 is 2.32 bits per heavy atom. The summed E-state index contributed by atoms with van der Waals surface area (Å²) in [6, 6.07) is 13.9. The lowest BCUT2D eigenvalue weighted by Crippen LogP contribution is -2.70. The topological polar surface area (TPSA) is 152 Å². The monoisotopic (exact) mass is 653 g/mol. The SMILES string of the molecule is Cc1ccc([C@]23OC[C@](C(C)(C)O)(O2)[C@@H](O)[C@H](O)[C@H]3O)cc1Cc1ccc(CCCC(=O)N(CCN(C)C)C2(NC=O)CCC2)cc1. The van der Waals surface area contributed by atoms with Gasteiger partial charge in [-0.1, -0.05) is 36.4 Å². The van der Waals surface area contributed by atoms with Gasteiger partial charge in [-0.15, -0.1) is 0 Å². The molecule has 2 aromatic rings. The van der Waals surface area contributed by atoms with E-state index in [2.05, 4.69) is 29.6 Å². The van der Waals surface area contributed by atoms with E-state index in [1.165, 1.54) is 13.8 Å². The Bertz CT molecular complexity index is 1420. The van der Waals surface area contributed by atoms with Gasteiger partial charge in [0.2, 0.25) is 18.1 Å². The van der Waals surface area contributed by atoms with Gasteiger partial charge in [0, 0.05) is 25.1 Å². The lowest BCUT2D eigenvalue weighted by molar-refractivity contribution is -0.348. The number of likely N-dealkylation sites (N-methyl/N-ethyl adjacent to an activating group) is 1. The second-order valence-corrected chi connectivity index (χ2v) is 14.4. The molecule has 2 bridgehead atoms. The number of ether oxygens (including phenoxy) is 2. The third-order valence-corrected chi connectivity index (χ3v) is 10.5. The number of hydrogen-bond acceptors (Lipinski definition) is 9. The van der Waals surface area contributed by atoms with Crippen LogP contribution in [0.1, 0.15) is 73.8 Å². The molecule has 1 aliphatic carbocycles. The molecule has 3 fully saturated rings. The minimum Gasteiger partial charge on any atom is -0.387 e. The summed E-state index contributed by atoms with van der Waals surface area (Å²) in [7, 11) is 3.95. The first kappa shape index (κ1) is 35.4. The number of rotatable bonds is 14. The molecule has 5 atom stereocenters. The van der Waals surface area contributed by atoms with Crippen LogP contribution in [0.25, 0.3) is 0 Å². The van der Waals surface area contributed by atoms with E-state index in [0.29, 0.717) is 37.8 Å². The molecule has 2 amide bonds. The molecular weight excluding hydrogens is 602 g/mol. The maximum Gasteiger partial charge on any atom is 0.225 e. The summed E-state index contributed by atoms with van der Waals surface area (Å²) in [5.74, 6) is -1.68. The molecule has 11 heteroatoms. The summed E-state index contributed by atoms with van der Waals surface area (Å²) in [6.45, 7) is 6.07. The number of fused-ring (bicyclic) bond motifs is 2. The second kappa shape index (κ2) is 13.5. The van der Waals surface area contributed by atoms with Crippen molar-refractivity contribution in [3.05, 3.63) is 70.3 Å². The molecular formula is C36H51N3O8. The summed E-state index contributed by atoms with van der Waals surface area (Å²) < 4.78 is 12.3. The van der Waals surface area contributed by atoms with Crippen LogP contribution in [0.4, 0.5) is 0 Å². The predicted octanol–water partition coefficient (Wildman–Crippen LogP) is 1.73. The molecule has 2 heterocycles.